The van der Waals surface area contributed by atoms with Crippen LogP contribution in [0.4, 0.5) is 0 Å². The molecule has 0 unspecified atom stereocenters. The second kappa shape index (κ2) is 14.8. The van der Waals surface area contributed by atoms with E-state index in [4.69, 9.17) is 25.8 Å². The van der Waals surface area contributed by atoms with E-state index in [-0.39, 0.29) is 11.8 Å². The Bertz CT molecular complexity index is 1060. The highest BCUT2D eigenvalue weighted by Crippen LogP contribution is 2.32. The number of halogens is 1. The second-order valence-corrected chi connectivity index (χ2v) is 10.4. The van der Waals surface area contributed by atoms with Crippen molar-refractivity contribution in [3.8, 4) is 5.75 Å². The molecule has 0 fully saturated rings. The van der Waals surface area contributed by atoms with E-state index < -0.39 is 23.1 Å². The van der Waals surface area contributed by atoms with Crippen LogP contribution in [0.3, 0.4) is 0 Å². The lowest BCUT2D eigenvalue weighted by Gasteiger charge is -2.31. The standard InChI is InChI=1S/C32H39ClO5/c1-4-5-6-7-8-12-23-36-28-17-15-27(16-18-28)30(34)37-32(38-31(35)29(33)24(2)3)21-19-26(20-22-32)25-13-10-9-11-14-25/h9-11,13-22,24,26,29H,4-8,12,23H2,1-3H3/t26?,29-,32?/m0/s1. The molecule has 5 nitrogen and oxygen atoms in total. The molecular formula is C32H39ClO5. The molecule has 2 aromatic rings. The fourth-order valence-corrected chi connectivity index (χ4v) is 4.14. The third kappa shape index (κ3) is 8.76. The molecular weight excluding hydrogens is 500 g/mol. The van der Waals surface area contributed by atoms with Crippen molar-refractivity contribution < 1.29 is 23.8 Å². The average molecular weight is 539 g/mol. The summed E-state index contributed by atoms with van der Waals surface area (Å²) in [7, 11) is 0. The molecule has 3 rings (SSSR count). The van der Waals surface area contributed by atoms with E-state index in [2.05, 4.69) is 6.92 Å². The van der Waals surface area contributed by atoms with E-state index in [9.17, 15) is 9.59 Å². The van der Waals surface area contributed by atoms with Crippen molar-refractivity contribution in [2.24, 2.45) is 5.92 Å². The highest BCUT2D eigenvalue weighted by atomic mass is 35.5. The molecule has 0 aliphatic heterocycles. The van der Waals surface area contributed by atoms with E-state index >= 15 is 0 Å². The zero-order chi connectivity index (χ0) is 27.4. The monoisotopic (exact) mass is 538 g/mol. The van der Waals surface area contributed by atoms with Crippen LogP contribution in [0.1, 0.15) is 81.1 Å². The van der Waals surface area contributed by atoms with Crippen molar-refractivity contribution in [2.45, 2.75) is 76.4 Å². The molecule has 1 aliphatic rings. The Kier molecular flexibility index (Phi) is 11.5. The van der Waals surface area contributed by atoms with Crippen molar-refractivity contribution >= 4 is 23.5 Å². The third-order valence-corrected chi connectivity index (χ3v) is 7.12. The Morgan fingerprint density at radius 1 is 0.868 bits per heavy atom. The fourth-order valence-electron chi connectivity index (χ4n) is 4.10. The minimum absolute atomic E-state index is 0.0401. The zero-order valence-electron chi connectivity index (χ0n) is 22.6. The van der Waals surface area contributed by atoms with E-state index in [1.54, 1.807) is 36.4 Å². The molecule has 1 aliphatic carbocycles. The Morgan fingerprint density at radius 2 is 1.50 bits per heavy atom. The van der Waals surface area contributed by atoms with Crippen LogP contribution in [-0.2, 0) is 14.3 Å². The molecule has 0 aromatic heterocycles. The van der Waals surface area contributed by atoms with Gasteiger partial charge in [0.15, 0.2) is 0 Å². The topological polar surface area (TPSA) is 61.8 Å². The van der Waals surface area contributed by atoms with Gasteiger partial charge in [0.2, 0.25) is 0 Å². The molecule has 2 aromatic carbocycles. The summed E-state index contributed by atoms with van der Waals surface area (Å²) >= 11 is 6.25. The van der Waals surface area contributed by atoms with Gasteiger partial charge in [0.25, 0.3) is 5.79 Å². The first-order valence-electron chi connectivity index (χ1n) is 13.6. The van der Waals surface area contributed by atoms with Crippen LogP contribution in [0.5, 0.6) is 5.75 Å². The Hall–Kier alpha value is -3.05. The maximum atomic E-state index is 13.1. The van der Waals surface area contributed by atoms with Gasteiger partial charge in [-0.05, 0) is 42.2 Å². The van der Waals surface area contributed by atoms with Gasteiger partial charge in [-0.1, -0.05) is 95.4 Å². The molecule has 204 valence electrons. The lowest BCUT2D eigenvalue weighted by atomic mass is 9.93. The van der Waals surface area contributed by atoms with E-state index in [1.807, 2.05) is 56.3 Å². The number of esters is 2. The number of benzene rings is 2. The number of unbranched alkanes of at least 4 members (excludes halogenated alkanes) is 5. The summed E-state index contributed by atoms with van der Waals surface area (Å²) in [6.45, 7) is 6.50. The molecule has 38 heavy (non-hydrogen) atoms. The summed E-state index contributed by atoms with van der Waals surface area (Å²) in [5.74, 6) is -2.45. The van der Waals surface area contributed by atoms with Gasteiger partial charge < -0.3 is 14.2 Å². The van der Waals surface area contributed by atoms with Gasteiger partial charge in [0.05, 0.1) is 12.2 Å². The zero-order valence-corrected chi connectivity index (χ0v) is 23.4. The van der Waals surface area contributed by atoms with Gasteiger partial charge in [-0.15, -0.1) is 11.6 Å². The molecule has 0 radical (unpaired) electrons. The summed E-state index contributed by atoms with van der Waals surface area (Å²) in [5.41, 5.74) is 1.39. The molecule has 0 saturated heterocycles. The first-order chi connectivity index (χ1) is 18.3. The normalized spacial score (nSPS) is 19.2. The number of rotatable bonds is 14. The number of alkyl halides is 1. The molecule has 0 saturated carbocycles. The van der Waals surface area contributed by atoms with Crippen LogP contribution in [-0.4, -0.2) is 29.7 Å². The highest BCUT2D eigenvalue weighted by Gasteiger charge is 2.38. The third-order valence-electron chi connectivity index (χ3n) is 6.44. The van der Waals surface area contributed by atoms with Gasteiger partial charge >= 0.3 is 11.9 Å². The lowest BCUT2D eigenvalue weighted by Crippen LogP contribution is -2.40. The van der Waals surface area contributed by atoms with Crippen LogP contribution in [0.15, 0.2) is 78.9 Å². The number of hydrogen-bond donors (Lipinski definition) is 0. The van der Waals surface area contributed by atoms with Gasteiger partial charge in [-0.2, -0.15) is 0 Å². The maximum Gasteiger partial charge on any atom is 0.341 e. The van der Waals surface area contributed by atoms with Crippen molar-refractivity contribution in [1.82, 2.24) is 0 Å². The molecule has 0 spiro atoms. The molecule has 0 amide bonds. The molecule has 1 atom stereocenters. The Morgan fingerprint density at radius 3 is 2.13 bits per heavy atom. The van der Waals surface area contributed by atoms with E-state index in [1.165, 1.54) is 25.7 Å². The van der Waals surface area contributed by atoms with Crippen molar-refractivity contribution in [1.29, 1.82) is 0 Å². The predicted molar refractivity (Wildman–Crippen MR) is 151 cm³/mol. The quantitative estimate of drug-likeness (QED) is 0.0801. The van der Waals surface area contributed by atoms with Crippen LogP contribution in [0.2, 0.25) is 0 Å². The minimum atomic E-state index is -1.69. The smallest absolute Gasteiger partial charge is 0.341 e. The highest BCUT2D eigenvalue weighted by molar-refractivity contribution is 6.30. The lowest BCUT2D eigenvalue weighted by molar-refractivity contribution is -0.178. The summed E-state index contributed by atoms with van der Waals surface area (Å²) in [6, 6.07) is 16.7. The number of carbonyl (C=O) groups is 2. The molecule has 0 heterocycles. The van der Waals surface area contributed by atoms with Gasteiger partial charge in [0.1, 0.15) is 11.1 Å². The van der Waals surface area contributed by atoms with Crippen LogP contribution in [0, 0.1) is 5.92 Å². The molecule has 0 bridgehead atoms. The van der Waals surface area contributed by atoms with Gasteiger partial charge in [-0.25, -0.2) is 4.79 Å². The van der Waals surface area contributed by atoms with Crippen LogP contribution in [0.25, 0.3) is 0 Å². The van der Waals surface area contributed by atoms with E-state index in [0.29, 0.717) is 17.9 Å². The first kappa shape index (κ1) is 29.5. The van der Waals surface area contributed by atoms with Crippen molar-refractivity contribution in [2.75, 3.05) is 6.61 Å². The number of carbonyl (C=O) groups excluding carboxylic acids is 2. The van der Waals surface area contributed by atoms with Crippen molar-refractivity contribution in [3.05, 3.63) is 90.0 Å². The first-order valence-corrected chi connectivity index (χ1v) is 14.0. The summed E-state index contributed by atoms with van der Waals surface area (Å²) in [6.07, 6.45) is 14.1. The van der Waals surface area contributed by atoms with Crippen LogP contribution >= 0.6 is 11.6 Å². The van der Waals surface area contributed by atoms with Gasteiger partial charge in [-0.3, -0.25) is 4.79 Å². The Labute approximate surface area is 231 Å². The number of ether oxygens (including phenoxy) is 3. The summed E-state index contributed by atoms with van der Waals surface area (Å²) in [5, 5.41) is -0.873. The number of allylic oxidation sites excluding steroid dienone is 2. The summed E-state index contributed by atoms with van der Waals surface area (Å²) in [4.78, 5) is 25.8. The maximum absolute atomic E-state index is 13.1. The summed E-state index contributed by atoms with van der Waals surface area (Å²) < 4.78 is 17.3. The predicted octanol–water partition coefficient (Wildman–Crippen LogP) is 8.00. The SMILES string of the molecule is CCCCCCCCOc1ccc(C(=O)OC2(OC(=O)[C@@H](Cl)C(C)C)C=CC(c3ccccc3)C=C2)cc1. The van der Waals surface area contributed by atoms with E-state index in [0.717, 1.165) is 18.4 Å². The van der Waals surface area contributed by atoms with Crippen molar-refractivity contribution in [3.63, 3.8) is 0 Å². The minimum Gasteiger partial charge on any atom is -0.494 e. The fraction of sp³-hybridized carbons (Fsp3) is 0.438. The number of hydrogen-bond acceptors (Lipinski definition) is 5. The molecule has 6 heteroatoms. The largest absolute Gasteiger partial charge is 0.494 e. The molecule has 0 N–H and O–H groups in total. The Balaban J connectivity index is 1.65. The van der Waals surface area contributed by atoms with Gasteiger partial charge in [0, 0.05) is 18.1 Å². The average Bonchev–Trinajstić information content (AvgIpc) is 2.93. The second-order valence-electron chi connectivity index (χ2n) is 9.97. The van der Waals surface area contributed by atoms with Crippen LogP contribution < -0.4 is 4.74 Å².